The first-order valence-corrected chi connectivity index (χ1v) is 17.1. The first kappa shape index (κ1) is 28.4. The van der Waals surface area contributed by atoms with Crippen molar-refractivity contribution in [2.75, 3.05) is 16.5 Å². The van der Waals surface area contributed by atoms with Gasteiger partial charge in [0.25, 0.3) is 0 Å². The molecule has 48 heavy (non-hydrogen) atoms. The molecule has 4 nitrogen and oxygen atoms in total. The summed E-state index contributed by atoms with van der Waals surface area (Å²) in [5.41, 5.74) is 10.8. The molecule has 0 unspecified atom stereocenters. The number of fused-ring (bicyclic) bond motifs is 4. The zero-order valence-electron chi connectivity index (χ0n) is 26.5. The largest absolute Gasteiger partial charge is 0.321 e. The lowest BCUT2D eigenvalue weighted by Crippen LogP contribution is -2.23. The molecule has 3 heterocycles. The van der Waals surface area contributed by atoms with Gasteiger partial charge in [-0.15, -0.1) is 0 Å². The van der Waals surface area contributed by atoms with E-state index in [0.717, 1.165) is 23.5 Å². The van der Waals surface area contributed by atoms with Gasteiger partial charge in [-0.2, -0.15) is 0 Å². The van der Waals surface area contributed by atoms with Gasteiger partial charge in [-0.05, 0) is 96.4 Å². The third kappa shape index (κ3) is 4.91. The summed E-state index contributed by atoms with van der Waals surface area (Å²) in [6.07, 6.45) is 1.93. The minimum atomic E-state index is 0.762. The van der Waals surface area contributed by atoms with E-state index in [1.807, 2.05) is 6.20 Å². The first-order valence-electron chi connectivity index (χ1n) is 16.2. The molecule has 0 N–H and O–H groups in total. The number of para-hydroxylation sites is 4. The molecule has 1 aliphatic heterocycles. The summed E-state index contributed by atoms with van der Waals surface area (Å²) in [6, 6.07) is 56.5. The monoisotopic (exact) mass is 636 g/mol. The Morgan fingerprint density at radius 3 is 2.08 bits per heavy atom. The van der Waals surface area contributed by atoms with Crippen LogP contribution >= 0.6 is 11.8 Å². The van der Waals surface area contributed by atoms with E-state index in [2.05, 4.69) is 179 Å². The van der Waals surface area contributed by atoms with Gasteiger partial charge in [0.15, 0.2) is 0 Å². The van der Waals surface area contributed by atoms with E-state index in [1.165, 1.54) is 60.0 Å². The highest BCUT2D eigenvalue weighted by Gasteiger charge is 2.27. The van der Waals surface area contributed by atoms with Gasteiger partial charge in [0.05, 0.1) is 22.4 Å². The SMILES string of the molecule is Cc1ccccc1-c1ccnc(-n2c3ccccc3c3ccc(Sc4cccc(N5CN(c6ccccc6)c6ccccc65)c4)cc32)c1. The van der Waals surface area contributed by atoms with E-state index >= 15 is 0 Å². The molecule has 0 atom stereocenters. The molecule has 0 bridgehead atoms. The van der Waals surface area contributed by atoms with E-state index in [0.29, 0.717) is 0 Å². The molecule has 0 spiro atoms. The van der Waals surface area contributed by atoms with Crippen molar-refractivity contribution >= 4 is 56.3 Å². The fourth-order valence-corrected chi connectivity index (χ4v) is 7.89. The van der Waals surface area contributed by atoms with Gasteiger partial charge in [0.2, 0.25) is 0 Å². The summed E-state index contributed by atoms with van der Waals surface area (Å²) in [4.78, 5) is 12.1. The zero-order chi connectivity index (χ0) is 32.0. The Morgan fingerprint density at radius 1 is 0.542 bits per heavy atom. The van der Waals surface area contributed by atoms with E-state index in [-0.39, 0.29) is 0 Å². The van der Waals surface area contributed by atoms with E-state index in [1.54, 1.807) is 11.8 Å². The lowest BCUT2D eigenvalue weighted by atomic mass is 10.0. The van der Waals surface area contributed by atoms with Gasteiger partial charge in [-0.1, -0.05) is 96.7 Å². The van der Waals surface area contributed by atoms with Crippen LogP contribution in [0.15, 0.2) is 174 Å². The molecule has 0 saturated carbocycles. The number of aromatic nitrogens is 2. The fraction of sp³-hybridized carbons (Fsp3) is 0.0465. The number of pyridine rings is 1. The molecule has 0 saturated heterocycles. The minimum absolute atomic E-state index is 0.762. The molecule has 1 aliphatic rings. The van der Waals surface area contributed by atoms with Gasteiger partial charge >= 0.3 is 0 Å². The van der Waals surface area contributed by atoms with Crippen LogP contribution in [0.3, 0.4) is 0 Å². The number of rotatable bonds is 6. The highest BCUT2D eigenvalue weighted by atomic mass is 32.2. The molecular formula is C43H32N4S. The third-order valence-corrected chi connectivity index (χ3v) is 10.2. The van der Waals surface area contributed by atoms with Crippen molar-refractivity contribution in [3.05, 3.63) is 169 Å². The van der Waals surface area contributed by atoms with Crippen LogP contribution in [0, 0.1) is 6.92 Å². The van der Waals surface area contributed by atoms with Crippen LogP contribution in [0.4, 0.5) is 22.7 Å². The average Bonchev–Trinajstić information content (AvgIpc) is 3.69. The summed E-state index contributed by atoms with van der Waals surface area (Å²) in [7, 11) is 0. The minimum Gasteiger partial charge on any atom is -0.321 e. The summed E-state index contributed by atoms with van der Waals surface area (Å²) in [5.74, 6) is 0.918. The Labute approximate surface area is 284 Å². The third-order valence-electron chi connectivity index (χ3n) is 9.25. The molecule has 2 aromatic heterocycles. The average molecular weight is 637 g/mol. The van der Waals surface area contributed by atoms with Gasteiger partial charge in [-0.3, -0.25) is 4.57 Å². The van der Waals surface area contributed by atoms with Gasteiger partial charge < -0.3 is 9.80 Å². The summed E-state index contributed by atoms with van der Waals surface area (Å²) >= 11 is 1.80. The van der Waals surface area contributed by atoms with Crippen molar-refractivity contribution in [2.45, 2.75) is 16.7 Å². The summed E-state index contributed by atoms with van der Waals surface area (Å²) < 4.78 is 2.31. The molecule has 0 radical (unpaired) electrons. The van der Waals surface area contributed by atoms with E-state index in [4.69, 9.17) is 4.98 Å². The number of benzene rings is 6. The predicted octanol–water partition coefficient (Wildman–Crippen LogP) is 11.6. The number of aryl methyl sites for hydroxylation is 1. The normalized spacial score (nSPS) is 12.6. The smallest absolute Gasteiger partial charge is 0.138 e. The van der Waals surface area contributed by atoms with Crippen LogP contribution in [-0.2, 0) is 0 Å². The van der Waals surface area contributed by atoms with E-state index < -0.39 is 0 Å². The Morgan fingerprint density at radius 2 is 1.23 bits per heavy atom. The lowest BCUT2D eigenvalue weighted by Gasteiger charge is -2.22. The topological polar surface area (TPSA) is 24.3 Å². The van der Waals surface area contributed by atoms with Crippen molar-refractivity contribution in [1.29, 1.82) is 0 Å². The second-order valence-corrected chi connectivity index (χ2v) is 13.3. The number of hydrogen-bond donors (Lipinski definition) is 0. The Balaban J connectivity index is 1.09. The van der Waals surface area contributed by atoms with Crippen molar-refractivity contribution in [3.63, 3.8) is 0 Å². The van der Waals surface area contributed by atoms with Crippen molar-refractivity contribution in [2.24, 2.45) is 0 Å². The number of nitrogens with zero attached hydrogens (tertiary/aromatic N) is 4. The quantitative estimate of drug-likeness (QED) is 0.181. The number of hydrogen-bond acceptors (Lipinski definition) is 4. The highest BCUT2D eigenvalue weighted by molar-refractivity contribution is 7.99. The molecule has 5 heteroatoms. The molecule has 8 aromatic rings. The molecule has 6 aromatic carbocycles. The van der Waals surface area contributed by atoms with Crippen LogP contribution in [-0.4, -0.2) is 16.2 Å². The maximum atomic E-state index is 4.90. The van der Waals surface area contributed by atoms with Crippen LogP contribution < -0.4 is 9.80 Å². The van der Waals surface area contributed by atoms with Crippen LogP contribution in [0.25, 0.3) is 38.8 Å². The standard InChI is InChI=1S/C43H32N4S/c1-30-12-5-6-17-36(30)31-24-25-44-43(26-31)47-39-19-8-7-18-37(39)38-23-22-35(28-42(38)47)48-34-16-11-15-33(27-34)46-29-45(32-13-3-2-4-14-32)40-20-9-10-21-41(40)46/h2-28H,29H2,1H3. The molecular weight excluding hydrogens is 605 g/mol. The second kappa shape index (κ2) is 11.8. The Hall–Kier alpha value is -5.78. The second-order valence-electron chi connectivity index (χ2n) is 12.2. The van der Waals surface area contributed by atoms with Crippen LogP contribution in [0.2, 0.25) is 0 Å². The van der Waals surface area contributed by atoms with E-state index in [9.17, 15) is 0 Å². The lowest BCUT2D eigenvalue weighted by molar-refractivity contribution is 0.988. The molecule has 0 aliphatic carbocycles. The van der Waals surface area contributed by atoms with Crippen molar-refractivity contribution in [3.8, 4) is 16.9 Å². The molecule has 9 rings (SSSR count). The van der Waals surface area contributed by atoms with Gasteiger partial charge in [0, 0.05) is 38.1 Å². The van der Waals surface area contributed by atoms with Gasteiger partial charge in [0.1, 0.15) is 12.5 Å². The highest BCUT2D eigenvalue weighted by Crippen LogP contribution is 2.45. The first-order chi connectivity index (χ1) is 23.7. The molecule has 0 fully saturated rings. The zero-order valence-corrected chi connectivity index (χ0v) is 27.3. The summed E-state index contributed by atoms with van der Waals surface area (Å²) in [5, 5.41) is 2.45. The maximum Gasteiger partial charge on any atom is 0.138 e. The number of anilines is 4. The van der Waals surface area contributed by atoms with Crippen LogP contribution in [0.5, 0.6) is 0 Å². The summed E-state index contributed by atoms with van der Waals surface area (Å²) in [6.45, 7) is 2.92. The predicted molar refractivity (Wildman–Crippen MR) is 201 cm³/mol. The van der Waals surface area contributed by atoms with Crippen molar-refractivity contribution in [1.82, 2.24) is 9.55 Å². The fourth-order valence-electron chi connectivity index (χ4n) is 6.98. The molecule has 230 valence electrons. The molecule has 0 amide bonds. The Bertz CT molecular complexity index is 2450. The van der Waals surface area contributed by atoms with Crippen LogP contribution in [0.1, 0.15) is 5.56 Å². The van der Waals surface area contributed by atoms with Crippen molar-refractivity contribution < 1.29 is 0 Å². The van der Waals surface area contributed by atoms with Gasteiger partial charge in [-0.25, -0.2) is 4.98 Å². The maximum absolute atomic E-state index is 4.90. The Kier molecular flexibility index (Phi) is 6.98.